The molecule has 0 unspecified atom stereocenters. The van der Waals surface area contributed by atoms with E-state index in [1.165, 1.54) is 23.0 Å². The first kappa shape index (κ1) is 21.2. The molecule has 2 aromatic rings. The maximum atomic E-state index is 13.4. The van der Waals surface area contributed by atoms with Crippen LogP contribution in [0, 0.1) is 11.3 Å². The van der Waals surface area contributed by atoms with Crippen molar-refractivity contribution in [3.63, 3.8) is 0 Å². The lowest BCUT2D eigenvalue weighted by atomic mass is 10.2. The molecule has 2 heterocycles. The first-order chi connectivity index (χ1) is 14.0. The third-order valence-electron chi connectivity index (χ3n) is 4.44. The van der Waals surface area contributed by atoms with E-state index in [4.69, 9.17) is 5.26 Å². The zero-order valence-corrected chi connectivity index (χ0v) is 15.2. The van der Waals surface area contributed by atoms with E-state index >= 15 is 0 Å². The fraction of sp³-hybridized carbons (Fsp3) is 0.333. The van der Waals surface area contributed by atoms with Gasteiger partial charge in [0.2, 0.25) is 5.91 Å². The monoisotopic (exact) mass is 427 g/mol. The van der Waals surface area contributed by atoms with Crippen LogP contribution in [0.15, 0.2) is 36.7 Å². The van der Waals surface area contributed by atoms with Crippen molar-refractivity contribution in [3.8, 4) is 11.8 Å². The molecule has 158 valence electrons. The Balaban J connectivity index is 1.62. The molecule has 1 aliphatic rings. The summed E-state index contributed by atoms with van der Waals surface area (Å²) in [4.78, 5) is 25.0. The van der Waals surface area contributed by atoms with Crippen LogP contribution < -0.4 is 5.32 Å². The third-order valence-corrected chi connectivity index (χ3v) is 4.44. The van der Waals surface area contributed by atoms with Gasteiger partial charge in [0.15, 0.2) is 0 Å². The van der Waals surface area contributed by atoms with Crippen LogP contribution >= 0.6 is 0 Å². The summed E-state index contributed by atoms with van der Waals surface area (Å²) in [5.41, 5.74) is -0.557. The van der Waals surface area contributed by atoms with Crippen LogP contribution in [0.25, 0.3) is 5.69 Å². The summed E-state index contributed by atoms with van der Waals surface area (Å²) in [5, 5.41) is 15.0. The molecule has 1 N–H and O–H groups in total. The van der Waals surface area contributed by atoms with Crippen molar-refractivity contribution >= 4 is 11.8 Å². The Bertz CT molecular complexity index is 994. The summed E-state index contributed by atoms with van der Waals surface area (Å²) >= 11 is 0. The van der Waals surface area contributed by atoms with Gasteiger partial charge in [0.1, 0.15) is 6.04 Å². The second-order valence-corrected chi connectivity index (χ2v) is 6.63. The summed E-state index contributed by atoms with van der Waals surface area (Å²) in [6, 6.07) is 4.45. The number of hydrogen-bond acceptors (Lipinski definition) is 4. The Labute approximate surface area is 166 Å². The van der Waals surface area contributed by atoms with Crippen LogP contribution in [0.3, 0.4) is 0 Å². The number of alkyl halides is 5. The van der Waals surface area contributed by atoms with Gasteiger partial charge < -0.3 is 10.2 Å². The quantitative estimate of drug-likeness (QED) is 0.759. The van der Waals surface area contributed by atoms with E-state index in [9.17, 15) is 31.5 Å². The second-order valence-electron chi connectivity index (χ2n) is 6.63. The van der Waals surface area contributed by atoms with Gasteiger partial charge in [0, 0.05) is 12.6 Å². The minimum atomic E-state index is -4.48. The first-order valence-electron chi connectivity index (χ1n) is 8.57. The summed E-state index contributed by atoms with van der Waals surface area (Å²) in [6.07, 6.45) is -2.86. The molecule has 12 heteroatoms. The van der Waals surface area contributed by atoms with Crippen molar-refractivity contribution in [1.29, 1.82) is 5.26 Å². The van der Waals surface area contributed by atoms with E-state index in [-0.39, 0.29) is 11.3 Å². The highest BCUT2D eigenvalue weighted by atomic mass is 19.4. The zero-order valence-electron chi connectivity index (χ0n) is 15.2. The molecule has 0 spiro atoms. The van der Waals surface area contributed by atoms with E-state index in [2.05, 4.69) is 10.4 Å². The standard InChI is InChI=1S/C18H14F5N5O2/c19-17(20)5-14(6-24)27(10-17)15(29)8-25-16(30)11-7-26-28(9-11)13-3-1-12(2-4-13)18(21,22)23/h1-4,7,9,14H,5,8,10H2,(H,25,30)/t14-/m0/s1. The number of nitriles is 1. The van der Waals surface area contributed by atoms with Gasteiger partial charge in [-0.25, -0.2) is 13.5 Å². The van der Waals surface area contributed by atoms with E-state index in [0.717, 1.165) is 18.3 Å². The molecule has 0 bridgehead atoms. The molecule has 1 aromatic carbocycles. The fourth-order valence-corrected chi connectivity index (χ4v) is 2.94. The van der Waals surface area contributed by atoms with E-state index in [1.807, 2.05) is 0 Å². The molecular weight excluding hydrogens is 413 g/mol. The second kappa shape index (κ2) is 7.74. The number of nitrogens with one attached hydrogen (secondary N) is 1. The fourth-order valence-electron chi connectivity index (χ4n) is 2.94. The Kier molecular flexibility index (Phi) is 5.47. The highest BCUT2D eigenvalue weighted by molar-refractivity contribution is 5.96. The summed E-state index contributed by atoms with van der Waals surface area (Å²) in [5.74, 6) is -4.73. The zero-order chi connectivity index (χ0) is 22.1. The topological polar surface area (TPSA) is 91.0 Å². The average molecular weight is 427 g/mol. The van der Waals surface area contributed by atoms with Gasteiger partial charge in [-0.15, -0.1) is 0 Å². The SMILES string of the molecule is N#C[C@@H]1CC(F)(F)CN1C(=O)CNC(=O)c1cnn(-c2ccc(C(F)(F)F)cc2)c1. The molecule has 1 aromatic heterocycles. The maximum absolute atomic E-state index is 13.4. The van der Waals surface area contributed by atoms with Crippen LogP contribution in [0.4, 0.5) is 22.0 Å². The van der Waals surface area contributed by atoms with Crippen LogP contribution in [0.2, 0.25) is 0 Å². The lowest BCUT2D eigenvalue weighted by Crippen LogP contribution is -2.42. The van der Waals surface area contributed by atoms with Crippen molar-refractivity contribution in [1.82, 2.24) is 20.0 Å². The minimum absolute atomic E-state index is 0.00582. The van der Waals surface area contributed by atoms with E-state index in [0.29, 0.717) is 4.90 Å². The van der Waals surface area contributed by atoms with Gasteiger partial charge in [-0.1, -0.05) is 0 Å². The normalized spacial score (nSPS) is 18.1. The Hall–Kier alpha value is -3.49. The highest BCUT2D eigenvalue weighted by Crippen LogP contribution is 2.31. The van der Waals surface area contributed by atoms with Crippen molar-refractivity contribution in [3.05, 3.63) is 47.8 Å². The summed E-state index contributed by atoms with van der Waals surface area (Å²) < 4.78 is 65.8. The molecule has 3 rings (SSSR count). The van der Waals surface area contributed by atoms with E-state index < -0.39 is 55.0 Å². The molecule has 2 amide bonds. The Morgan fingerprint density at radius 3 is 2.53 bits per heavy atom. The van der Waals surface area contributed by atoms with Crippen molar-refractivity contribution in [2.24, 2.45) is 0 Å². The largest absolute Gasteiger partial charge is 0.416 e. The predicted octanol–water partition coefficient (Wildman–Crippen LogP) is 2.38. The number of hydrogen-bond donors (Lipinski definition) is 1. The number of carbonyl (C=O) groups is 2. The Morgan fingerprint density at radius 1 is 1.27 bits per heavy atom. The number of carbonyl (C=O) groups excluding carboxylic acids is 2. The number of rotatable bonds is 4. The molecule has 1 atom stereocenters. The van der Waals surface area contributed by atoms with Gasteiger partial charge in [0.25, 0.3) is 11.8 Å². The summed E-state index contributed by atoms with van der Waals surface area (Å²) in [6.45, 7) is -1.50. The number of halogens is 5. The molecule has 1 fully saturated rings. The molecule has 30 heavy (non-hydrogen) atoms. The molecular formula is C18H14F5N5O2. The molecule has 0 radical (unpaired) electrons. The lowest BCUT2D eigenvalue weighted by molar-refractivity contribution is -0.137. The van der Waals surface area contributed by atoms with Crippen molar-refractivity contribution < 1.29 is 31.5 Å². The third kappa shape index (κ3) is 4.56. The molecule has 7 nitrogen and oxygen atoms in total. The summed E-state index contributed by atoms with van der Waals surface area (Å²) in [7, 11) is 0. The van der Waals surface area contributed by atoms with Crippen LogP contribution in [-0.2, 0) is 11.0 Å². The van der Waals surface area contributed by atoms with Gasteiger partial charge >= 0.3 is 6.18 Å². The lowest BCUT2D eigenvalue weighted by Gasteiger charge is -2.19. The van der Waals surface area contributed by atoms with Gasteiger partial charge in [-0.2, -0.15) is 23.5 Å². The average Bonchev–Trinajstić information content (AvgIpc) is 3.29. The van der Waals surface area contributed by atoms with E-state index in [1.54, 1.807) is 6.07 Å². The number of aromatic nitrogens is 2. The number of nitrogens with zero attached hydrogens (tertiary/aromatic N) is 4. The molecule has 1 saturated heterocycles. The molecule has 0 aliphatic carbocycles. The maximum Gasteiger partial charge on any atom is 0.416 e. The smallest absolute Gasteiger partial charge is 0.343 e. The van der Waals surface area contributed by atoms with Crippen LogP contribution in [0.1, 0.15) is 22.3 Å². The number of amides is 2. The van der Waals surface area contributed by atoms with Crippen molar-refractivity contribution in [2.75, 3.05) is 13.1 Å². The predicted molar refractivity (Wildman–Crippen MR) is 91.6 cm³/mol. The Morgan fingerprint density at radius 2 is 1.93 bits per heavy atom. The number of benzene rings is 1. The highest BCUT2D eigenvalue weighted by Gasteiger charge is 2.47. The first-order valence-corrected chi connectivity index (χ1v) is 8.57. The van der Waals surface area contributed by atoms with Crippen LogP contribution in [0.5, 0.6) is 0 Å². The van der Waals surface area contributed by atoms with Crippen molar-refractivity contribution in [2.45, 2.75) is 24.6 Å². The minimum Gasteiger partial charge on any atom is -0.343 e. The van der Waals surface area contributed by atoms with Gasteiger partial charge in [-0.05, 0) is 24.3 Å². The van der Waals surface area contributed by atoms with Gasteiger partial charge in [-0.3, -0.25) is 9.59 Å². The van der Waals surface area contributed by atoms with Crippen LogP contribution in [-0.4, -0.2) is 51.5 Å². The number of likely N-dealkylation sites (tertiary alicyclic amines) is 1. The molecule has 1 aliphatic heterocycles. The van der Waals surface area contributed by atoms with Gasteiger partial charge in [0.05, 0.1) is 42.2 Å². The molecule has 0 saturated carbocycles.